The summed E-state index contributed by atoms with van der Waals surface area (Å²) in [4.78, 5) is 24.0. The van der Waals surface area contributed by atoms with Gasteiger partial charge in [0.05, 0.1) is 25.0 Å². The average molecular weight is 280 g/mol. The first-order valence-electron chi connectivity index (χ1n) is 7.21. The number of allylic oxidation sites excluding steroid dienone is 2. The van der Waals surface area contributed by atoms with Crippen molar-refractivity contribution in [2.45, 2.75) is 12.8 Å². The number of aliphatic carboxylic acids is 1. The topological polar surface area (TPSA) is 78.9 Å². The number of hydrogen-bond donors (Lipinski definition) is 2. The van der Waals surface area contributed by atoms with Crippen LogP contribution < -0.4 is 5.43 Å². The molecule has 20 heavy (non-hydrogen) atoms. The number of amides is 1. The first-order chi connectivity index (χ1) is 9.66. The maximum absolute atomic E-state index is 12.5. The minimum Gasteiger partial charge on any atom is -0.481 e. The van der Waals surface area contributed by atoms with Crippen LogP contribution in [0.3, 0.4) is 0 Å². The molecule has 2 N–H and O–H groups in total. The molecule has 4 aliphatic rings. The maximum Gasteiger partial charge on any atom is 0.307 e. The summed E-state index contributed by atoms with van der Waals surface area (Å²) < 4.78 is 5.24. The molecule has 6 heteroatoms. The zero-order valence-corrected chi connectivity index (χ0v) is 11.3. The van der Waals surface area contributed by atoms with E-state index >= 15 is 0 Å². The lowest BCUT2D eigenvalue weighted by Gasteiger charge is -2.42. The lowest BCUT2D eigenvalue weighted by atomic mass is 9.62. The molecule has 0 aromatic heterocycles. The fraction of sp³-hybridized carbons (Fsp3) is 0.714. The predicted octanol–water partition coefficient (Wildman–Crippen LogP) is 0.263. The molecule has 2 bridgehead atoms. The van der Waals surface area contributed by atoms with E-state index in [0.717, 1.165) is 12.8 Å². The van der Waals surface area contributed by atoms with Crippen molar-refractivity contribution in [1.29, 1.82) is 0 Å². The summed E-state index contributed by atoms with van der Waals surface area (Å²) in [5.74, 6) is -1.98. The highest BCUT2D eigenvalue weighted by atomic mass is 16.5. The summed E-state index contributed by atoms with van der Waals surface area (Å²) in [7, 11) is 0. The molecule has 1 saturated heterocycles. The van der Waals surface area contributed by atoms with Gasteiger partial charge in [0.25, 0.3) is 0 Å². The third kappa shape index (κ3) is 2.45. The summed E-state index contributed by atoms with van der Waals surface area (Å²) in [5.41, 5.74) is 2.88. The summed E-state index contributed by atoms with van der Waals surface area (Å²) in [6.45, 7) is 2.50. The van der Waals surface area contributed by atoms with Crippen molar-refractivity contribution < 1.29 is 19.4 Å². The van der Waals surface area contributed by atoms with E-state index < -0.39 is 17.8 Å². The van der Waals surface area contributed by atoms with E-state index in [-0.39, 0.29) is 17.7 Å². The Morgan fingerprint density at radius 1 is 1.10 bits per heavy atom. The van der Waals surface area contributed by atoms with Crippen LogP contribution in [0, 0.1) is 23.7 Å². The summed E-state index contributed by atoms with van der Waals surface area (Å²) in [6, 6.07) is 0. The fourth-order valence-electron chi connectivity index (χ4n) is 3.59. The molecule has 0 spiro atoms. The van der Waals surface area contributed by atoms with Gasteiger partial charge in [-0.2, -0.15) is 0 Å². The van der Waals surface area contributed by atoms with Crippen molar-refractivity contribution in [3.8, 4) is 0 Å². The number of carbonyl (C=O) groups excluding carboxylic acids is 1. The Balaban J connectivity index is 1.71. The van der Waals surface area contributed by atoms with Crippen LogP contribution in [0.2, 0.25) is 0 Å². The first-order valence-corrected chi connectivity index (χ1v) is 7.21. The molecule has 2 fully saturated rings. The van der Waals surface area contributed by atoms with Crippen molar-refractivity contribution in [3.63, 3.8) is 0 Å². The SMILES string of the molecule is O=C(O)C1C2C=CC(CC2)C1C(=O)NN1CCOCC1. The molecule has 1 aliphatic heterocycles. The predicted molar refractivity (Wildman–Crippen MR) is 70.5 cm³/mol. The quantitative estimate of drug-likeness (QED) is 0.725. The van der Waals surface area contributed by atoms with Crippen LogP contribution in [0.25, 0.3) is 0 Å². The fourth-order valence-corrected chi connectivity index (χ4v) is 3.59. The third-order valence-electron chi connectivity index (χ3n) is 4.62. The molecule has 1 heterocycles. The minimum absolute atomic E-state index is 0.00191. The minimum atomic E-state index is -0.855. The van der Waals surface area contributed by atoms with Gasteiger partial charge in [0, 0.05) is 13.1 Å². The van der Waals surface area contributed by atoms with Gasteiger partial charge >= 0.3 is 5.97 Å². The molecule has 0 aromatic carbocycles. The van der Waals surface area contributed by atoms with Gasteiger partial charge < -0.3 is 9.84 Å². The number of carbonyl (C=O) groups is 2. The van der Waals surface area contributed by atoms with Crippen LogP contribution in [0.4, 0.5) is 0 Å². The second-order valence-corrected chi connectivity index (χ2v) is 5.76. The van der Waals surface area contributed by atoms with Crippen molar-refractivity contribution in [3.05, 3.63) is 12.2 Å². The Labute approximate surface area is 117 Å². The molecular formula is C14H20N2O4. The van der Waals surface area contributed by atoms with E-state index in [2.05, 4.69) is 5.43 Å². The zero-order chi connectivity index (χ0) is 14.1. The molecule has 0 radical (unpaired) electrons. The highest BCUT2D eigenvalue weighted by molar-refractivity contribution is 5.86. The van der Waals surface area contributed by atoms with E-state index in [1.165, 1.54) is 0 Å². The number of hydrogen-bond acceptors (Lipinski definition) is 4. The van der Waals surface area contributed by atoms with Gasteiger partial charge in [0.2, 0.25) is 5.91 Å². The van der Waals surface area contributed by atoms with Gasteiger partial charge in [-0.15, -0.1) is 0 Å². The average Bonchev–Trinajstić information content (AvgIpc) is 2.48. The summed E-state index contributed by atoms with van der Waals surface area (Å²) >= 11 is 0. The normalized spacial score (nSPS) is 36.8. The zero-order valence-electron chi connectivity index (χ0n) is 11.3. The highest BCUT2D eigenvalue weighted by Crippen LogP contribution is 2.45. The molecular weight excluding hydrogens is 260 g/mol. The van der Waals surface area contributed by atoms with Gasteiger partial charge in [0.15, 0.2) is 0 Å². The first kappa shape index (κ1) is 13.6. The van der Waals surface area contributed by atoms with E-state index in [1.54, 1.807) is 0 Å². The van der Waals surface area contributed by atoms with Crippen molar-refractivity contribution in [1.82, 2.24) is 10.4 Å². The number of hydrazine groups is 1. The molecule has 4 atom stereocenters. The molecule has 1 amide bonds. The summed E-state index contributed by atoms with van der Waals surface area (Å²) in [6.07, 6.45) is 5.79. The smallest absolute Gasteiger partial charge is 0.307 e. The second kappa shape index (κ2) is 5.54. The van der Waals surface area contributed by atoms with Crippen LogP contribution in [-0.2, 0) is 14.3 Å². The van der Waals surface area contributed by atoms with Gasteiger partial charge in [-0.3, -0.25) is 15.0 Å². The summed E-state index contributed by atoms with van der Waals surface area (Å²) in [5, 5.41) is 11.3. The molecule has 110 valence electrons. The number of fused-ring (bicyclic) bond motifs is 2. The molecule has 3 aliphatic carbocycles. The van der Waals surface area contributed by atoms with Crippen molar-refractivity contribution in [2.24, 2.45) is 23.7 Å². The van der Waals surface area contributed by atoms with E-state index in [0.29, 0.717) is 26.3 Å². The molecule has 0 aromatic rings. The van der Waals surface area contributed by atoms with Gasteiger partial charge in [-0.1, -0.05) is 12.2 Å². The van der Waals surface area contributed by atoms with Crippen LogP contribution in [0.15, 0.2) is 12.2 Å². The standard InChI is InChI=1S/C14H20N2O4/c17-13(15-16-5-7-20-8-6-16)11-9-1-3-10(4-2-9)12(11)14(18)19/h1,3,9-12H,2,4-8H2,(H,15,17)(H,18,19). The van der Waals surface area contributed by atoms with Crippen molar-refractivity contribution >= 4 is 11.9 Å². The number of rotatable bonds is 3. The number of carboxylic acid groups (broad SMARTS) is 1. The van der Waals surface area contributed by atoms with Gasteiger partial charge in [-0.05, 0) is 24.7 Å². The van der Waals surface area contributed by atoms with E-state index in [4.69, 9.17) is 4.74 Å². The Kier molecular flexibility index (Phi) is 3.76. The monoisotopic (exact) mass is 280 g/mol. The second-order valence-electron chi connectivity index (χ2n) is 5.76. The molecule has 1 saturated carbocycles. The highest BCUT2D eigenvalue weighted by Gasteiger charge is 2.48. The Bertz CT molecular complexity index is 431. The largest absolute Gasteiger partial charge is 0.481 e. The molecule has 4 rings (SSSR count). The number of nitrogens with zero attached hydrogens (tertiary/aromatic N) is 1. The molecule has 6 nitrogen and oxygen atoms in total. The third-order valence-corrected chi connectivity index (χ3v) is 4.62. The van der Waals surface area contributed by atoms with Gasteiger partial charge in [0.1, 0.15) is 0 Å². The van der Waals surface area contributed by atoms with Gasteiger partial charge in [-0.25, -0.2) is 5.01 Å². The Morgan fingerprint density at radius 2 is 1.70 bits per heavy atom. The number of morpholine rings is 1. The lowest BCUT2D eigenvalue weighted by Crippen LogP contribution is -2.55. The number of ether oxygens (including phenoxy) is 1. The van der Waals surface area contributed by atoms with E-state index in [9.17, 15) is 14.7 Å². The molecule has 4 unspecified atom stereocenters. The number of nitrogens with one attached hydrogen (secondary N) is 1. The van der Waals surface area contributed by atoms with E-state index in [1.807, 2.05) is 17.2 Å². The lowest BCUT2D eigenvalue weighted by molar-refractivity contribution is -0.155. The van der Waals surface area contributed by atoms with Crippen LogP contribution >= 0.6 is 0 Å². The Hall–Kier alpha value is -1.40. The van der Waals surface area contributed by atoms with Crippen LogP contribution in [0.1, 0.15) is 12.8 Å². The maximum atomic E-state index is 12.5. The Morgan fingerprint density at radius 3 is 2.25 bits per heavy atom. The van der Waals surface area contributed by atoms with Crippen LogP contribution in [-0.4, -0.2) is 48.3 Å². The number of carboxylic acids is 1. The van der Waals surface area contributed by atoms with Crippen LogP contribution in [0.5, 0.6) is 0 Å². The van der Waals surface area contributed by atoms with Crippen molar-refractivity contribution in [2.75, 3.05) is 26.3 Å².